The van der Waals surface area contributed by atoms with E-state index in [0.29, 0.717) is 23.2 Å². The van der Waals surface area contributed by atoms with Crippen LogP contribution in [0.15, 0.2) is 26.2 Å². The van der Waals surface area contributed by atoms with Gasteiger partial charge in [-0.2, -0.15) is 9.40 Å². The molecule has 0 saturated carbocycles. The van der Waals surface area contributed by atoms with Crippen molar-refractivity contribution >= 4 is 37.3 Å². The first-order valence-electron chi connectivity index (χ1n) is 7.63. The number of piperidine rings is 1. The zero-order valence-electron chi connectivity index (χ0n) is 13.2. The van der Waals surface area contributed by atoms with Crippen molar-refractivity contribution in [1.29, 1.82) is 0 Å². The number of aromatic nitrogens is 2. The minimum atomic E-state index is -3.34. The number of aryl methyl sites for hydroxylation is 2. The van der Waals surface area contributed by atoms with Crippen LogP contribution < -0.4 is 0 Å². The van der Waals surface area contributed by atoms with Gasteiger partial charge in [0.05, 0.1) is 9.48 Å². The molecular formula is C15H20BrN3O2S2. The highest BCUT2D eigenvalue weighted by atomic mass is 79.9. The molecule has 0 unspecified atom stereocenters. The smallest absolute Gasteiger partial charge is 0.252 e. The molecule has 8 heteroatoms. The zero-order valence-corrected chi connectivity index (χ0v) is 16.4. The van der Waals surface area contributed by atoms with Gasteiger partial charge in [-0.15, -0.1) is 11.3 Å². The third-order valence-corrected chi connectivity index (χ3v) is 8.24. The molecule has 0 atom stereocenters. The summed E-state index contributed by atoms with van der Waals surface area (Å²) >= 11 is 4.60. The van der Waals surface area contributed by atoms with E-state index in [2.05, 4.69) is 34.0 Å². The third-order valence-electron chi connectivity index (χ3n) is 4.25. The summed E-state index contributed by atoms with van der Waals surface area (Å²) in [4.78, 5) is 0. The van der Waals surface area contributed by atoms with Gasteiger partial charge in [0, 0.05) is 25.3 Å². The van der Waals surface area contributed by atoms with E-state index in [1.165, 1.54) is 17.0 Å². The summed E-state index contributed by atoms with van der Waals surface area (Å²) in [6.07, 6.45) is 1.76. The molecule has 2 aromatic heterocycles. The summed E-state index contributed by atoms with van der Waals surface area (Å²) in [5.74, 6) is 0.481. The lowest BCUT2D eigenvalue weighted by Crippen LogP contribution is -2.39. The summed E-state index contributed by atoms with van der Waals surface area (Å²) in [7, 11) is -3.34. The van der Waals surface area contributed by atoms with Gasteiger partial charge in [0.1, 0.15) is 4.21 Å². The highest BCUT2D eigenvalue weighted by molar-refractivity contribution is 9.11. The average Bonchev–Trinajstić information content (AvgIpc) is 3.06. The number of halogens is 1. The molecule has 1 aliphatic rings. The van der Waals surface area contributed by atoms with E-state index in [0.717, 1.165) is 28.9 Å². The summed E-state index contributed by atoms with van der Waals surface area (Å²) < 4.78 is 30.2. The first-order chi connectivity index (χ1) is 10.9. The van der Waals surface area contributed by atoms with Crippen molar-refractivity contribution < 1.29 is 8.42 Å². The van der Waals surface area contributed by atoms with Crippen LogP contribution in [-0.2, 0) is 16.6 Å². The van der Waals surface area contributed by atoms with Crippen molar-refractivity contribution in [2.45, 2.75) is 37.4 Å². The van der Waals surface area contributed by atoms with Crippen molar-refractivity contribution in [3.63, 3.8) is 0 Å². The van der Waals surface area contributed by atoms with Crippen LogP contribution in [0, 0.1) is 19.8 Å². The van der Waals surface area contributed by atoms with Crippen molar-refractivity contribution in [2.75, 3.05) is 13.1 Å². The lowest BCUT2D eigenvalue weighted by Gasteiger charge is -2.31. The van der Waals surface area contributed by atoms with Gasteiger partial charge >= 0.3 is 0 Å². The van der Waals surface area contributed by atoms with Gasteiger partial charge in [-0.05, 0) is 66.7 Å². The number of sulfonamides is 1. The molecule has 0 aliphatic carbocycles. The van der Waals surface area contributed by atoms with Crippen molar-refractivity contribution in [2.24, 2.45) is 5.92 Å². The van der Waals surface area contributed by atoms with E-state index in [9.17, 15) is 8.42 Å². The van der Waals surface area contributed by atoms with Gasteiger partial charge < -0.3 is 0 Å². The first-order valence-corrected chi connectivity index (χ1v) is 10.7. The molecular weight excluding hydrogens is 398 g/mol. The molecule has 0 aromatic carbocycles. The molecule has 2 aromatic rings. The highest BCUT2D eigenvalue weighted by Crippen LogP contribution is 2.31. The standard InChI is InChI=1S/C15H20BrN3O2S2/c1-11-9-12(2)19(17-11)10-13-5-7-18(8-6-13)23(20,21)15-4-3-14(16)22-15/h3-4,9,13H,5-8,10H2,1-2H3. The predicted molar refractivity (Wildman–Crippen MR) is 95.2 cm³/mol. The second kappa shape index (κ2) is 6.66. The Morgan fingerprint density at radius 3 is 2.52 bits per heavy atom. The molecule has 126 valence electrons. The maximum Gasteiger partial charge on any atom is 0.252 e. The number of rotatable bonds is 4. The fourth-order valence-electron chi connectivity index (χ4n) is 3.00. The Balaban J connectivity index is 1.63. The summed E-state index contributed by atoms with van der Waals surface area (Å²) in [5.41, 5.74) is 2.20. The van der Waals surface area contributed by atoms with E-state index >= 15 is 0 Å². The Morgan fingerprint density at radius 1 is 1.30 bits per heavy atom. The van der Waals surface area contributed by atoms with Crippen LogP contribution in [0.25, 0.3) is 0 Å². The predicted octanol–water partition coefficient (Wildman–Crippen LogP) is 3.42. The molecule has 0 radical (unpaired) electrons. The van der Waals surface area contributed by atoms with Crippen LogP contribution in [0.1, 0.15) is 24.2 Å². The van der Waals surface area contributed by atoms with E-state index in [4.69, 9.17) is 0 Å². The van der Waals surface area contributed by atoms with Crippen LogP contribution in [0.4, 0.5) is 0 Å². The largest absolute Gasteiger partial charge is 0.269 e. The molecule has 3 rings (SSSR count). The molecule has 1 aliphatic heterocycles. The fraction of sp³-hybridized carbons (Fsp3) is 0.533. The molecule has 0 N–H and O–H groups in total. The van der Waals surface area contributed by atoms with Crippen LogP contribution in [0.3, 0.4) is 0 Å². The molecule has 5 nitrogen and oxygen atoms in total. The zero-order chi connectivity index (χ0) is 16.6. The lowest BCUT2D eigenvalue weighted by molar-refractivity contribution is 0.246. The average molecular weight is 418 g/mol. The molecule has 1 fully saturated rings. The molecule has 23 heavy (non-hydrogen) atoms. The van der Waals surface area contributed by atoms with Gasteiger partial charge in [0.15, 0.2) is 0 Å². The van der Waals surface area contributed by atoms with Crippen LogP contribution in [-0.4, -0.2) is 35.6 Å². The Bertz CT molecular complexity index is 790. The minimum Gasteiger partial charge on any atom is -0.269 e. The Labute approximate surface area is 149 Å². The Hall–Kier alpha value is -0.700. The van der Waals surface area contributed by atoms with E-state index in [1.807, 2.05) is 11.6 Å². The Morgan fingerprint density at radius 2 is 2.00 bits per heavy atom. The van der Waals surface area contributed by atoms with Gasteiger partial charge in [0.2, 0.25) is 0 Å². The molecule has 3 heterocycles. The van der Waals surface area contributed by atoms with E-state index < -0.39 is 10.0 Å². The van der Waals surface area contributed by atoms with E-state index in [1.54, 1.807) is 16.4 Å². The molecule has 0 spiro atoms. The molecule has 0 amide bonds. The second-order valence-electron chi connectivity index (χ2n) is 6.02. The van der Waals surface area contributed by atoms with Gasteiger partial charge in [-0.1, -0.05) is 0 Å². The topological polar surface area (TPSA) is 55.2 Å². The Kier molecular flexibility index (Phi) is 4.96. The first kappa shape index (κ1) is 17.1. The summed E-state index contributed by atoms with van der Waals surface area (Å²) in [5, 5.41) is 4.50. The van der Waals surface area contributed by atoms with Gasteiger partial charge in [0.25, 0.3) is 10.0 Å². The summed E-state index contributed by atoms with van der Waals surface area (Å²) in [6, 6.07) is 5.54. The van der Waals surface area contributed by atoms with Crippen LogP contribution in [0.5, 0.6) is 0 Å². The van der Waals surface area contributed by atoms with Crippen molar-refractivity contribution in [1.82, 2.24) is 14.1 Å². The van der Waals surface area contributed by atoms with E-state index in [-0.39, 0.29) is 0 Å². The minimum absolute atomic E-state index is 0.418. The highest BCUT2D eigenvalue weighted by Gasteiger charge is 2.30. The molecule has 1 saturated heterocycles. The van der Waals surface area contributed by atoms with Crippen molar-refractivity contribution in [3.8, 4) is 0 Å². The quantitative estimate of drug-likeness (QED) is 0.765. The van der Waals surface area contributed by atoms with Gasteiger partial charge in [-0.25, -0.2) is 8.42 Å². The number of nitrogens with zero attached hydrogens (tertiary/aromatic N) is 3. The number of thiophene rings is 1. The third kappa shape index (κ3) is 3.70. The summed E-state index contributed by atoms with van der Waals surface area (Å²) in [6.45, 7) is 6.10. The normalized spacial score (nSPS) is 17.7. The van der Waals surface area contributed by atoms with Crippen LogP contribution >= 0.6 is 27.3 Å². The number of hydrogen-bond acceptors (Lipinski definition) is 4. The second-order valence-corrected chi connectivity index (χ2v) is 10.6. The molecule has 0 bridgehead atoms. The number of hydrogen-bond donors (Lipinski definition) is 0. The van der Waals surface area contributed by atoms with Crippen molar-refractivity contribution in [3.05, 3.63) is 33.4 Å². The SMILES string of the molecule is Cc1cc(C)n(CC2CCN(S(=O)(=O)c3ccc(Br)s3)CC2)n1. The van der Waals surface area contributed by atoms with Crippen LogP contribution in [0.2, 0.25) is 0 Å². The monoisotopic (exact) mass is 417 g/mol. The van der Waals surface area contributed by atoms with Gasteiger partial charge in [-0.3, -0.25) is 4.68 Å². The lowest BCUT2D eigenvalue weighted by atomic mass is 9.98. The fourth-order valence-corrected chi connectivity index (χ4v) is 6.63. The maximum atomic E-state index is 12.6. The maximum absolute atomic E-state index is 12.6.